The number of rotatable bonds is 2. The lowest BCUT2D eigenvalue weighted by Gasteiger charge is -2.40. The van der Waals surface area contributed by atoms with Crippen LogP contribution in [0.3, 0.4) is 0 Å². The highest BCUT2D eigenvalue weighted by molar-refractivity contribution is 4.99. The number of likely N-dealkylation sites (N-methyl/N-ethyl adjacent to an activating group) is 1. The minimum absolute atomic E-state index is 0.442. The van der Waals surface area contributed by atoms with Crippen molar-refractivity contribution in [3.05, 3.63) is 18.0 Å². The van der Waals surface area contributed by atoms with E-state index in [1.807, 2.05) is 0 Å². The van der Waals surface area contributed by atoms with Gasteiger partial charge in [0.15, 0.2) is 0 Å². The first kappa shape index (κ1) is 11.6. The molecule has 0 aromatic carbocycles. The van der Waals surface area contributed by atoms with Crippen molar-refractivity contribution in [2.45, 2.75) is 52.1 Å². The van der Waals surface area contributed by atoms with Gasteiger partial charge in [-0.3, -0.25) is 4.68 Å². The molecular weight excluding hydrogens is 198 g/mol. The standard InChI is InChI=1S/C13H23N3/c1-10-6-8-16(15-10)12-9-13(2,3)7-5-11(12)14-4/h6,8,11-12,14H,5,7,9H2,1-4H3. The smallest absolute Gasteiger partial charge is 0.0677 e. The number of hydrogen-bond acceptors (Lipinski definition) is 2. The van der Waals surface area contributed by atoms with E-state index in [0.717, 1.165) is 5.69 Å². The molecule has 3 heteroatoms. The lowest BCUT2D eigenvalue weighted by molar-refractivity contribution is 0.138. The Bertz CT molecular complexity index is 354. The van der Waals surface area contributed by atoms with E-state index in [9.17, 15) is 0 Å². The van der Waals surface area contributed by atoms with E-state index in [1.54, 1.807) is 0 Å². The largest absolute Gasteiger partial charge is 0.315 e. The molecule has 0 amide bonds. The van der Waals surface area contributed by atoms with Crippen LogP contribution in [0.5, 0.6) is 0 Å². The summed E-state index contributed by atoms with van der Waals surface area (Å²) in [6.45, 7) is 6.78. The molecular formula is C13H23N3. The van der Waals surface area contributed by atoms with Crippen LogP contribution in [0.2, 0.25) is 0 Å². The molecule has 1 N–H and O–H groups in total. The zero-order valence-corrected chi connectivity index (χ0v) is 10.8. The van der Waals surface area contributed by atoms with Crippen LogP contribution in [-0.4, -0.2) is 22.9 Å². The average Bonchev–Trinajstić information content (AvgIpc) is 2.64. The van der Waals surface area contributed by atoms with Crippen LogP contribution < -0.4 is 5.32 Å². The fourth-order valence-corrected chi connectivity index (χ4v) is 2.78. The topological polar surface area (TPSA) is 29.9 Å². The third-order valence-corrected chi connectivity index (χ3v) is 3.81. The third kappa shape index (κ3) is 2.29. The first-order valence-electron chi connectivity index (χ1n) is 6.21. The van der Waals surface area contributed by atoms with Crippen LogP contribution in [0.25, 0.3) is 0 Å². The highest BCUT2D eigenvalue weighted by Gasteiger charge is 2.35. The molecule has 1 aromatic heterocycles. The highest BCUT2D eigenvalue weighted by atomic mass is 15.3. The molecule has 1 heterocycles. The van der Waals surface area contributed by atoms with E-state index in [4.69, 9.17) is 0 Å². The number of aryl methyl sites for hydroxylation is 1. The molecule has 2 atom stereocenters. The second-order valence-corrected chi connectivity index (χ2v) is 5.81. The molecule has 0 saturated heterocycles. The molecule has 90 valence electrons. The van der Waals surface area contributed by atoms with Crippen molar-refractivity contribution in [2.24, 2.45) is 5.41 Å². The summed E-state index contributed by atoms with van der Waals surface area (Å²) in [5.41, 5.74) is 1.55. The van der Waals surface area contributed by atoms with Crippen LogP contribution >= 0.6 is 0 Å². The van der Waals surface area contributed by atoms with E-state index in [2.05, 4.69) is 55.2 Å². The molecule has 1 aromatic rings. The molecule has 1 fully saturated rings. The van der Waals surface area contributed by atoms with Crippen LogP contribution in [-0.2, 0) is 0 Å². The molecule has 0 spiro atoms. The van der Waals surface area contributed by atoms with Crippen LogP contribution in [0, 0.1) is 12.3 Å². The maximum atomic E-state index is 4.57. The summed E-state index contributed by atoms with van der Waals surface area (Å²) in [4.78, 5) is 0. The average molecular weight is 221 g/mol. The molecule has 1 aliphatic rings. The van der Waals surface area contributed by atoms with Crippen molar-refractivity contribution in [1.29, 1.82) is 0 Å². The van der Waals surface area contributed by atoms with Gasteiger partial charge in [-0.1, -0.05) is 13.8 Å². The molecule has 0 aliphatic heterocycles. The molecule has 2 rings (SSSR count). The van der Waals surface area contributed by atoms with E-state index in [-0.39, 0.29) is 0 Å². The predicted octanol–water partition coefficient (Wildman–Crippen LogP) is 2.53. The van der Waals surface area contributed by atoms with Crippen molar-refractivity contribution < 1.29 is 0 Å². The highest BCUT2D eigenvalue weighted by Crippen LogP contribution is 2.40. The van der Waals surface area contributed by atoms with Crippen molar-refractivity contribution in [2.75, 3.05) is 7.05 Å². The van der Waals surface area contributed by atoms with Gasteiger partial charge >= 0.3 is 0 Å². The summed E-state index contributed by atoms with van der Waals surface area (Å²) in [6, 6.07) is 3.16. The van der Waals surface area contributed by atoms with E-state index in [0.29, 0.717) is 17.5 Å². The first-order valence-corrected chi connectivity index (χ1v) is 6.21. The Labute approximate surface area is 98.2 Å². The molecule has 0 bridgehead atoms. The fourth-order valence-electron chi connectivity index (χ4n) is 2.78. The maximum absolute atomic E-state index is 4.57. The Morgan fingerprint density at radius 2 is 2.25 bits per heavy atom. The molecule has 3 nitrogen and oxygen atoms in total. The molecule has 1 aliphatic carbocycles. The molecule has 16 heavy (non-hydrogen) atoms. The zero-order valence-electron chi connectivity index (χ0n) is 10.8. The number of nitrogens with zero attached hydrogens (tertiary/aromatic N) is 2. The monoisotopic (exact) mass is 221 g/mol. The van der Waals surface area contributed by atoms with Gasteiger partial charge in [-0.2, -0.15) is 5.10 Å². The predicted molar refractivity (Wildman–Crippen MR) is 66.5 cm³/mol. The van der Waals surface area contributed by atoms with Gasteiger partial charge in [-0.25, -0.2) is 0 Å². The van der Waals surface area contributed by atoms with Gasteiger partial charge in [-0.05, 0) is 44.7 Å². The summed E-state index contributed by atoms with van der Waals surface area (Å²) in [6.07, 6.45) is 5.87. The van der Waals surface area contributed by atoms with Crippen molar-refractivity contribution in [1.82, 2.24) is 15.1 Å². The molecule has 1 saturated carbocycles. The van der Waals surface area contributed by atoms with Gasteiger partial charge in [0.25, 0.3) is 0 Å². The lowest BCUT2D eigenvalue weighted by atomic mass is 9.73. The van der Waals surface area contributed by atoms with Crippen LogP contribution in [0.15, 0.2) is 12.3 Å². The van der Waals surface area contributed by atoms with Crippen molar-refractivity contribution in [3.63, 3.8) is 0 Å². The van der Waals surface area contributed by atoms with Gasteiger partial charge in [0.05, 0.1) is 11.7 Å². The number of nitrogens with one attached hydrogen (secondary N) is 1. The quantitative estimate of drug-likeness (QED) is 0.831. The minimum atomic E-state index is 0.442. The second kappa shape index (κ2) is 4.21. The Balaban J connectivity index is 2.21. The van der Waals surface area contributed by atoms with Crippen molar-refractivity contribution >= 4 is 0 Å². The van der Waals surface area contributed by atoms with Gasteiger partial charge in [0.1, 0.15) is 0 Å². The fraction of sp³-hybridized carbons (Fsp3) is 0.769. The molecule has 2 unspecified atom stereocenters. The normalized spacial score (nSPS) is 29.2. The molecule has 0 radical (unpaired) electrons. The maximum Gasteiger partial charge on any atom is 0.0677 e. The lowest BCUT2D eigenvalue weighted by Crippen LogP contribution is -2.42. The summed E-state index contributed by atoms with van der Waals surface area (Å²) >= 11 is 0. The van der Waals surface area contributed by atoms with Crippen LogP contribution in [0.4, 0.5) is 0 Å². The van der Waals surface area contributed by atoms with E-state index >= 15 is 0 Å². The summed E-state index contributed by atoms with van der Waals surface area (Å²) in [7, 11) is 2.06. The summed E-state index contributed by atoms with van der Waals surface area (Å²) in [5.74, 6) is 0. The summed E-state index contributed by atoms with van der Waals surface area (Å²) in [5, 5.41) is 8.01. The van der Waals surface area contributed by atoms with E-state index < -0.39 is 0 Å². The second-order valence-electron chi connectivity index (χ2n) is 5.81. The Morgan fingerprint density at radius 1 is 1.50 bits per heavy atom. The van der Waals surface area contributed by atoms with Gasteiger partial charge < -0.3 is 5.32 Å². The van der Waals surface area contributed by atoms with Crippen LogP contribution in [0.1, 0.15) is 44.8 Å². The zero-order chi connectivity index (χ0) is 11.8. The minimum Gasteiger partial charge on any atom is -0.315 e. The number of hydrogen-bond donors (Lipinski definition) is 1. The van der Waals surface area contributed by atoms with E-state index in [1.165, 1.54) is 19.3 Å². The van der Waals surface area contributed by atoms with Crippen molar-refractivity contribution in [3.8, 4) is 0 Å². The Hall–Kier alpha value is -0.830. The van der Waals surface area contributed by atoms with Gasteiger partial charge in [0.2, 0.25) is 0 Å². The number of aromatic nitrogens is 2. The Kier molecular flexibility index (Phi) is 3.06. The van der Waals surface area contributed by atoms with Gasteiger partial charge in [-0.15, -0.1) is 0 Å². The Morgan fingerprint density at radius 3 is 2.81 bits per heavy atom. The summed E-state index contributed by atoms with van der Waals surface area (Å²) < 4.78 is 2.15. The third-order valence-electron chi connectivity index (χ3n) is 3.81. The SMILES string of the molecule is CNC1CCC(C)(C)CC1n1ccc(C)n1. The van der Waals surface area contributed by atoms with Gasteiger partial charge in [0, 0.05) is 12.2 Å². The first-order chi connectivity index (χ1) is 7.52.